The fraction of sp³-hybridized carbons (Fsp3) is 0.727. The predicted octanol–water partition coefficient (Wildman–Crippen LogP) is 0.731. The van der Waals surface area contributed by atoms with Crippen LogP contribution in [0.5, 0.6) is 0 Å². The van der Waals surface area contributed by atoms with Gasteiger partial charge >= 0.3 is 0 Å². The quantitative estimate of drug-likeness (QED) is 0.794. The third kappa shape index (κ3) is 3.04. The molecule has 4 heteroatoms. The van der Waals surface area contributed by atoms with Gasteiger partial charge in [0, 0.05) is 31.9 Å². The molecule has 0 aliphatic carbocycles. The third-order valence-electron chi connectivity index (χ3n) is 2.89. The van der Waals surface area contributed by atoms with Gasteiger partial charge in [-0.15, -0.1) is 0 Å². The fourth-order valence-electron chi connectivity index (χ4n) is 1.94. The van der Waals surface area contributed by atoms with Gasteiger partial charge in [-0.3, -0.25) is 4.68 Å². The molecule has 0 radical (unpaired) electrons. The van der Waals surface area contributed by atoms with Crippen LogP contribution in [0.4, 0.5) is 0 Å². The Hall–Kier alpha value is -0.870. The fourth-order valence-corrected chi connectivity index (χ4v) is 1.94. The molecule has 1 saturated heterocycles. The van der Waals surface area contributed by atoms with E-state index in [4.69, 9.17) is 4.74 Å². The normalized spacial score (nSPS) is 21.8. The molecule has 0 saturated carbocycles. The summed E-state index contributed by atoms with van der Waals surface area (Å²) in [6, 6.07) is 2.04. The summed E-state index contributed by atoms with van der Waals surface area (Å²) in [4.78, 5) is 0. The minimum absolute atomic E-state index is 0.409. The molecule has 1 N–H and O–H groups in total. The first-order chi connectivity index (χ1) is 7.36. The van der Waals surface area contributed by atoms with Crippen LogP contribution in [0.2, 0.25) is 0 Å². The summed E-state index contributed by atoms with van der Waals surface area (Å²) in [5, 5.41) is 7.48. The zero-order chi connectivity index (χ0) is 10.5. The number of ether oxygens (including phenoxy) is 1. The van der Waals surface area contributed by atoms with E-state index >= 15 is 0 Å². The van der Waals surface area contributed by atoms with Gasteiger partial charge in [0.05, 0.1) is 12.7 Å². The third-order valence-corrected chi connectivity index (χ3v) is 2.89. The highest BCUT2D eigenvalue weighted by atomic mass is 16.5. The van der Waals surface area contributed by atoms with E-state index in [0.717, 1.165) is 26.1 Å². The summed E-state index contributed by atoms with van der Waals surface area (Å²) in [5.41, 5.74) is 1.23. The summed E-state index contributed by atoms with van der Waals surface area (Å²) in [7, 11) is 1.97. The second-order valence-electron chi connectivity index (χ2n) is 4.04. The monoisotopic (exact) mass is 209 g/mol. The van der Waals surface area contributed by atoms with Crippen LogP contribution in [0.25, 0.3) is 0 Å². The number of nitrogens with one attached hydrogen (secondary N) is 1. The van der Waals surface area contributed by atoms with Crippen molar-refractivity contribution in [3.05, 3.63) is 18.0 Å². The molecule has 1 aliphatic heterocycles. The van der Waals surface area contributed by atoms with Crippen LogP contribution in [0.3, 0.4) is 0 Å². The van der Waals surface area contributed by atoms with Crippen molar-refractivity contribution in [2.45, 2.75) is 25.4 Å². The SMILES string of the molecule is Cn1nccc1CCO[C@H]1CCCNC1. The van der Waals surface area contributed by atoms with Crippen LogP contribution in [0.1, 0.15) is 18.5 Å². The van der Waals surface area contributed by atoms with Gasteiger partial charge in [0.25, 0.3) is 0 Å². The summed E-state index contributed by atoms with van der Waals surface area (Å²) in [5.74, 6) is 0. The van der Waals surface area contributed by atoms with E-state index in [9.17, 15) is 0 Å². The van der Waals surface area contributed by atoms with Gasteiger partial charge in [-0.25, -0.2) is 0 Å². The lowest BCUT2D eigenvalue weighted by Gasteiger charge is -2.22. The molecule has 2 heterocycles. The smallest absolute Gasteiger partial charge is 0.0700 e. The molecule has 84 valence electrons. The second-order valence-corrected chi connectivity index (χ2v) is 4.04. The second kappa shape index (κ2) is 5.28. The standard InChI is InChI=1S/C11H19N3O/c1-14-10(4-7-13-14)5-8-15-11-3-2-6-12-9-11/h4,7,11-12H,2-3,5-6,8-9H2,1H3/t11-/m0/s1. The van der Waals surface area contributed by atoms with Crippen molar-refractivity contribution in [2.75, 3.05) is 19.7 Å². The van der Waals surface area contributed by atoms with E-state index in [2.05, 4.69) is 10.4 Å². The van der Waals surface area contributed by atoms with Crippen LogP contribution in [0, 0.1) is 0 Å². The van der Waals surface area contributed by atoms with Gasteiger partial charge in [0.1, 0.15) is 0 Å². The lowest BCUT2D eigenvalue weighted by Crippen LogP contribution is -2.35. The molecule has 1 fully saturated rings. The lowest BCUT2D eigenvalue weighted by atomic mass is 10.1. The van der Waals surface area contributed by atoms with E-state index in [0.29, 0.717) is 6.10 Å². The molecule has 0 spiro atoms. The van der Waals surface area contributed by atoms with Crippen molar-refractivity contribution in [1.29, 1.82) is 0 Å². The number of aromatic nitrogens is 2. The van der Waals surface area contributed by atoms with Crippen LogP contribution in [-0.4, -0.2) is 35.6 Å². The maximum Gasteiger partial charge on any atom is 0.0700 e. The van der Waals surface area contributed by atoms with E-state index in [-0.39, 0.29) is 0 Å². The van der Waals surface area contributed by atoms with Crippen molar-refractivity contribution in [3.63, 3.8) is 0 Å². The summed E-state index contributed by atoms with van der Waals surface area (Å²) in [6.07, 6.45) is 5.62. The maximum atomic E-state index is 5.81. The highest BCUT2D eigenvalue weighted by Crippen LogP contribution is 2.07. The Morgan fingerprint density at radius 3 is 3.27 bits per heavy atom. The molecule has 0 bridgehead atoms. The lowest BCUT2D eigenvalue weighted by molar-refractivity contribution is 0.0383. The van der Waals surface area contributed by atoms with E-state index < -0.39 is 0 Å². The van der Waals surface area contributed by atoms with Crippen molar-refractivity contribution in [1.82, 2.24) is 15.1 Å². The Morgan fingerprint density at radius 1 is 1.67 bits per heavy atom. The Balaban J connectivity index is 1.68. The van der Waals surface area contributed by atoms with Crippen molar-refractivity contribution in [3.8, 4) is 0 Å². The van der Waals surface area contributed by atoms with E-state index in [1.807, 2.05) is 24.0 Å². The minimum Gasteiger partial charge on any atom is -0.376 e. The topological polar surface area (TPSA) is 39.1 Å². The van der Waals surface area contributed by atoms with Gasteiger partial charge < -0.3 is 10.1 Å². The summed E-state index contributed by atoms with van der Waals surface area (Å²) in [6.45, 7) is 2.94. The predicted molar refractivity (Wildman–Crippen MR) is 58.8 cm³/mol. The first-order valence-corrected chi connectivity index (χ1v) is 5.65. The van der Waals surface area contributed by atoms with Crippen LogP contribution in [0.15, 0.2) is 12.3 Å². The molecule has 4 nitrogen and oxygen atoms in total. The molecule has 0 amide bonds. The zero-order valence-corrected chi connectivity index (χ0v) is 9.28. The molecule has 1 aromatic rings. The molecule has 0 unspecified atom stereocenters. The Labute approximate surface area is 90.6 Å². The van der Waals surface area contributed by atoms with E-state index in [1.54, 1.807) is 0 Å². The molecule has 1 aromatic heterocycles. The van der Waals surface area contributed by atoms with Gasteiger partial charge in [-0.1, -0.05) is 0 Å². The molecule has 0 aromatic carbocycles. The maximum absolute atomic E-state index is 5.81. The molecule has 15 heavy (non-hydrogen) atoms. The summed E-state index contributed by atoms with van der Waals surface area (Å²) >= 11 is 0. The minimum atomic E-state index is 0.409. The van der Waals surface area contributed by atoms with Gasteiger partial charge in [0.15, 0.2) is 0 Å². The van der Waals surface area contributed by atoms with Crippen LogP contribution >= 0.6 is 0 Å². The molecule has 2 rings (SSSR count). The number of piperidine rings is 1. The highest BCUT2D eigenvalue weighted by Gasteiger charge is 2.12. The van der Waals surface area contributed by atoms with Gasteiger partial charge in [0.2, 0.25) is 0 Å². The van der Waals surface area contributed by atoms with Gasteiger partial charge in [-0.05, 0) is 25.5 Å². The molecule has 1 atom stereocenters. The first-order valence-electron chi connectivity index (χ1n) is 5.65. The van der Waals surface area contributed by atoms with Crippen LogP contribution < -0.4 is 5.32 Å². The zero-order valence-electron chi connectivity index (χ0n) is 9.28. The average Bonchev–Trinajstić information content (AvgIpc) is 2.66. The number of nitrogens with zero attached hydrogens (tertiary/aromatic N) is 2. The van der Waals surface area contributed by atoms with Gasteiger partial charge in [-0.2, -0.15) is 5.10 Å². The largest absolute Gasteiger partial charge is 0.376 e. The first kappa shape index (κ1) is 10.6. The number of aryl methyl sites for hydroxylation is 1. The Kier molecular flexibility index (Phi) is 3.75. The molecular weight excluding hydrogens is 190 g/mol. The Morgan fingerprint density at radius 2 is 2.60 bits per heavy atom. The Bertz CT molecular complexity index is 292. The van der Waals surface area contributed by atoms with E-state index in [1.165, 1.54) is 18.5 Å². The number of rotatable bonds is 4. The average molecular weight is 209 g/mol. The number of hydrogen-bond acceptors (Lipinski definition) is 3. The van der Waals surface area contributed by atoms with Crippen molar-refractivity contribution >= 4 is 0 Å². The molecular formula is C11H19N3O. The number of hydrogen-bond donors (Lipinski definition) is 1. The summed E-state index contributed by atoms with van der Waals surface area (Å²) < 4.78 is 7.71. The van der Waals surface area contributed by atoms with Crippen molar-refractivity contribution < 1.29 is 4.74 Å². The van der Waals surface area contributed by atoms with Crippen LogP contribution in [-0.2, 0) is 18.2 Å². The molecule has 1 aliphatic rings. The van der Waals surface area contributed by atoms with Crippen molar-refractivity contribution in [2.24, 2.45) is 7.05 Å². The highest BCUT2D eigenvalue weighted by molar-refractivity contribution is 4.99.